The highest BCUT2D eigenvalue weighted by molar-refractivity contribution is 5.93. The number of rotatable bonds is 3. The van der Waals surface area contributed by atoms with E-state index in [9.17, 15) is 4.79 Å². The van der Waals surface area contributed by atoms with Gasteiger partial charge in [-0.1, -0.05) is 6.42 Å². The number of hydrogen-bond acceptors (Lipinski definition) is 4. The van der Waals surface area contributed by atoms with E-state index in [2.05, 4.69) is 25.1 Å². The fourth-order valence-corrected chi connectivity index (χ4v) is 2.43. The van der Waals surface area contributed by atoms with Crippen LogP contribution in [0.5, 0.6) is 0 Å². The molecule has 1 N–H and O–H groups in total. The molecule has 0 aromatic carbocycles. The van der Waals surface area contributed by atoms with Crippen molar-refractivity contribution in [1.29, 1.82) is 0 Å². The zero-order chi connectivity index (χ0) is 13.8. The van der Waals surface area contributed by atoms with Crippen molar-refractivity contribution in [3.63, 3.8) is 0 Å². The topological polar surface area (TPSA) is 72.7 Å². The molecule has 1 aliphatic heterocycles. The van der Waals surface area contributed by atoms with Crippen LogP contribution in [0.1, 0.15) is 41.3 Å². The predicted octanol–water partition coefficient (Wildman–Crippen LogP) is 1.33. The van der Waals surface area contributed by atoms with Gasteiger partial charge in [0, 0.05) is 25.4 Å². The van der Waals surface area contributed by atoms with Gasteiger partial charge in [-0.3, -0.25) is 9.78 Å². The molecular formula is C14H17N5O. The minimum Gasteiger partial charge on any atom is -0.345 e. The van der Waals surface area contributed by atoms with Crippen molar-refractivity contribution >= 4 is 5.91 Å². The monoisotopic (exact) mass is 271 g/mol. The highest BCUT2D eigenvalue weighted by Gasteiger charge is 2.15. The number of carbonyl (C=O) groups is 1. The molecule has 3 rings (SSSR count). The number of nitrogens with one attached hydrogen (secondary N) is 1. The van der Waals surface area contributed by atoms with Crippen LogP contribution in [-0.4, -0.2) is 25.7 Å². The summed E-state index contributed by atoms with van der Waals surface area (Å²) in [6.45, 7) is 1.35. The van der Waals surface area contributed by atoms with E-state index in [1.165, 1.54) is 12.8 Å². The first-order valence-corrected chi connectivity index (χ1v) is 6.94. The van der Waals surface area contributed by atoms with Gasteiger partial charge in [0.25, 0.3) is 5.91 Å². The fourth-order valence-electron chi connectivity index (χ4n) is 2.43. The Morgan fingerprint density at radius 2 is 2.25 bits per heavy atom. The van der Waals surface area contributed by atoms with Crippen molar-refractivity contribution in [1.82, 2.24) is 25.1 Å². The lowest BCUT2D eigenvalue weighted by molar-refractivity contribution is 0.0949. The lowest BCUT2D eigenvalue weighted by atomic mass is 10.2. The Hall–Kier alpha value is -2.24. The maximum Gasteiger partial charge on any atom is 0.253 e. The van der Waals surface area contributed by atoms with E-state index < -0.39 is 0 Å². The number of fused-ring (bicyclic) bond motifs is 1. The number of aryl methyl sites for hydroxylation is 1. The molecule has 0 saturated carbocycles. The van der Waals surface area contributed by atoms with Crippen LogP contribution in [0.15, 0.2) is 24.5 Å². The van der Waals surface area contributed by atoms with Crippen molar-refractivity contribution in [3.05, 3.63) is 41.7 Å². The van der Waals surface area contributed by atoms with Crippen LogP contribution in [0.4, 0.5) is 0 Å². The van der Waals surface area contributed by atoms with Gasteiger partial charge in [-0.15, -0.1) is 10.2 Å². The molecule has 0 spiro atoms. The molecule has 6 nitrogen and oxygen atoms in total. The Balaban J connectivity index is 1.67. The molecular weight excluding hydrogens is 254 g/mol. The van der Waals surface area contributed by atoms with E-state index in [0.29, 0.717) is 12.1 Å². The second kappa shape index (κ2) is 5.81. The first-order valence-electron chi connectivity index (χ1n) is 6.94. The van der Waals surface area contributed by atoms with E-state index in [-0.39, 0.29) is 5.91 Å². The van der Waals surface area contributed by atoms with Crippen LogP contribution in [0.2, 0.25) is 0 Å². The number of aromatic nitrogens is 4. The zero-order valence-corrected chi connectivity index (χ0v) is 11.2. The fraction of sp³-hybridized carbons (Fsp3) is 0.429. The highest BCUT2D eigenvalue weighted by atomic mass is 16.1. The van der Waals surface area contributed by atoms with Crippen molar-refractivity contribution in [2.24, 2.45) is 0 Å². The van der Waals surface area contributed by atoms with Crippen molar-refractivity contribution in [2.75, 3.05) is 0 Å². The lowest BCUT2D eigenvalue weighted by Crippen LogP contribution is -2.25. The summed E-state index contributed by atoms with van der Waals surface area (Å²) in [7, 11) is 0. The van der Waals surface area contributed by atoms with Crippen LogP contribution in [0.3, 0.4) is 0 Å². The summed E-state index contributed by atoms with van der Waals surface area (Å²) in [6, 6.07) is 3.49. The number of nitrogens with zero attached hydrogens (tertiary/aromatic N) is 4. The first kappa shape index (κ1) is 12.8. The van der Waals surface area contributed by atoms with Gasteiger partial charge in [-0.05, 0) is 25.0 Å². The van der Waals surface area contributed by atoms with E-state index >= 15 is 0 Å². The van der Waals surface area contributed by atoms with Crippen molar-refractivity contribution in [2.45, 2.75) is 38.8 Å². The summed E-state index contributed by atoms with van der Waals surface area (Å²) in [5, 5.41) is 11.3. The molecule has 0 atom stereocenters. The third-order valence-electron chi connectivity index (χ3n) is 3.52. The van der Waals surface area contributed by atoms with E-state index in [4.69, 9.17) is 0 Å². The molecule has 2 aromatic heterocycles. The molecule has 0 saturated heterocycles. The molecule has 0 fully saturated rings. The molecule has 1 amide bonds. The normalized spacial score (nSPS) is 14.4. The number of hydrogen-bond donors (Lipinski definition) is 1. The Bertz CT molecular complexity index is 593. The van der Waals surface area contributed by atoms with Gasteiger partial charge < -0.3 is 9.88 Å². The standard InChI is InChI=1S/C14H17N5O/c20-14(11-5-4-7-15-9-11)16-10-13-18-17-12-6-2-1-3-8-19(12)13/h4-5,7,9H,1-3,6,8,10H2,(H,16,20). The lowest BCUT2D eigenvalue weighted by Gasteiger charge is -2.08. The largest absolute Gasteiger partial charge is 0.345 e. The quantitative estimate of drug-likeness (QED) is 0.914. The molecule has 0 unspecified atom stereocenters. The molecule has 104 valence electrons. The number of pyridine rings is 1. The SMILES string of the molecule is O=C(NCc1nnc2n1CCCCC2)c1cccnc1. The van der Waals surface area contributed by atoms with Gasteiger partial charge in [0.2, 0.25) is 0 Å². The van der Waals surface area contributed by atoms with E-state index in [1.807, 2.05) is 0 Å². The summed E-state index contributed by atoms with van der Waals surface area (Å²) < 4.78 is 2.14. The minimum atomic E-state index is -0.135. The molecule has 3 heterocycles. The van der Waals surface area contributed by atoms with Gasteiger partial charge in [0.15, 0.2) is 5.82 Å². The average molecular weight is 271 g/mol. The van der Waals surface area contributed by atoms with Gasteiger partial charge in [-0.25, -0.2) is 0 Å². The Kier molecular flexibility index (Phi) is 3.71. The second-order valence-corrected chi connectivity index (χ2v) is 4.92. The van der Waals surface area contributed by atoms with Gasteiger partial charge >= 0.3 is 0 Å². The van der Waals surface area contributed by atoms with Crippen LogP contribution in [0.25, 0.3) is 0 Å². The van der Waals surface area contributed by atoms with E-state index in [1.54, 1.807) is 24.5 Å². The van der Waals surface area contributed by atoms with Crippen molar-refractivity contribution < 1.29 is 4.79 Å². The summed E-state index contributed by atoms with van der Waals surface area (Å²) in [5.41, 5.74) is 0.558. The van der Waals surface area contributed by atoms with Crippen LogP contribution < -0.4 is 5.32 Å². The number of carbonyl (C=O) groups excluding carboxylic acids is 1. The minimum absolute atomic E-state index is 0.135. The van der Waals surface area contributed by atoms with Crippen molar-refractivity contribution in [3.8, 4) is 0 Å². The van der Waals surface area contributed by atoms with Gasteiger partial charge in [0.05, 0.1) is 12.1 Å². The summed E-state index contributed by atoms with van der Waals surface area (Å²) in [5.74, 6) is 1.73. The molecule has 0 aliphatic carbocycles. The first-order chi connectivity index (χ1) is 9.84. The van der Waals surface area contributed by atoms with Gasteiger partial charge in [0.1, 0.15) is 5.82 Å². The second-order valence-electron chi connectivity index (χ2n) is 4.92. The molecule has 2 aromatic rings. The molecule has 20 heavy (non-hydrogen) atoms. The summed E-state index contributed by atoms with van der Waals surface area (Å²) in [4.78, 5) is 15.9. The molecule has 6 heteroatoms. The molecule has 1 aliphatic rings. The van der Waals surface area contributed by atoms with Crippen LogP contribution >= 0.6 is 0 Å². The number of amides is 1. The molecule has 0 radical (unpaired) electrons. The van der Waals surface area contributed by atoms with Gasteiger partial charge in [-0.2, -0.15) is 0 Å². The Morgan fingerprint density at radius 1 is 1.30 bits per heavy atom. The van der Waals surface area contributed by atoms with E-state index in [0.717, 1.165) is 31.0 Å². The molecule has 0 bridgehead atoms. The Labute approximate surface area is 117 Å². The maximum atomic E-state index is 12.0. The predicted molar refractivity (Wildman–Crippen MR) is 73.0 cm³/mol. The third kappa shape index (κ3) is 2.68. The summed E-state index contributed by atoms with van der Waals surface area (Å²) >= 11 is 0. The van der Waals surface area contributed by atoms with Crippen LogP contribution in [0, 0.1) is 0 Å². The highest BCUT2D eigenvalue weighted by Crippen LogP contribution is 2.14. The maximum absolute atomic E-state index is 12.0. The smallest absolute Gasteiger partial charge is 0.253 e. The average Bonchev–Trinajstić information content (AvgIpc) is 2.72. The third-order valence-corrected chi connectivity index (χ3v) is 3.52. The summed E-state index contributed by atoms with van der Waals surface area (Å²) in [6.07, 6.45) is 7.72. The van der Waals surface area contributed by atoms with Crippen LogP contribution in [-0.2, 0) is 19.5 Å². The zero-order valence-electron chi connectivity index (χ0n) is 11.2. The Morgan fingerprint density at radius 3 is 3.10 bits per heavy atom.